The fourth-order valence-corrected chi connectivity index (χ4v) is 2.78. The van der Waals surface area contributed by atoms with Crippen molar-refractivity contribution in [2.45, 2.75) is 25.3 Å². The highest BCUT2D eigenvalue weighted by molar-refractivity contribution is 6.29. The van der Waals surface area contributed by atoms with Crippen molar-refractivity contribution in [2.24, 2.45) is 0 Å². The maximum absolute atomic E-state index is 13.2. The summed E-state index contributed by atoms with van der Waals surface area (Å²) in [6.45, 7) is 0.492. The molecule has 1 aliphatic rings. The topological polar surface area (TPSA) is 42.2 Å². The summed E-state index contributed by atoms with van der Waals surface area (Å²) in [4.78, 5) is 4.39. The number of anilines is 1. The van der Waals surface area contributed by atoms with Crippen LogP contribution in [0.3, 0.4) is 0 Å². The Kier molecular flexibility index (Phi) is 3.22. The minimum absolute atomic E-state index is 0.243. The van der Waals surface area contributed by atoms with Crippen molar-refractivity contribution in [3.8, 4) is 0 Å². The molecule has 2 heterocycles. The summed E-state index contributed by atoms with van der Waals surface area (Å²) in [6.07, 6.45) is 4.23. The third-order valence-electron chi connectivity index (χ3n) is 3.85. The number of hydrogen-bond donors (Lipinski definition) is 1. The second kappa shape index (κ2) is 5.25. The predicted octanol–water partition coefficient (Wildman–Crippen LogP) is 4.01. The zero-order chi connectivity index (χ0) is 15.1. The molecule has 4 nitrogen and oxygen atoms in total. The first-order valence-electron chi connectivity index (χ1n) is 7.23. The van der Waals surface area contributed by atoms with Gasteiger partial charge < -0.3 is 5.32 Å². The van der Waals surface area contributed by atoms with Crippen molar-refractivity contribution >= 4 is 23.1 Å². The summed E-state index contributed by atoms with van der Waals surface area (Å²) in [6, 6.07) is 8.24. The molecule has 1 aliphatic carbocycles. The van der Waals surface area contributed by atoms with Crippen LogP contribution in [0.4, 0.5) is 10.2 Å². The summed E-state index contributed by atoms with van der Waals surface area (Å²) < 4.78 is 15.0. The smallest absolute Gasteiger partial charge is 0.162 e. The van der Waals surface area contributed by atoms with Crippen LogP contribution in [0.15, 0.2) is 36.5 Å². The molecule has 0 atom stereocenters. The van der Waals surface area contributed by atoms with Gasteiger partial charge in [-0.2, -0.15) is 9.61 Å². The van der Waals surface area contributed by atoms with Crippen LogP contribution < -0.4 is 5.32 Å². The van der Waals surface area contributed by atoms with Crippen LogP contribution in [0.25, 0.3) is 5.65 Å². The Bertz CT molecular complexity index is 841. The Morgan fingerprint density at radius 3 is 2.95 bits per heavy atom. The number of aromatic nitrogens is 3. The van der Waals surface area contributed by atoms with Gasteiger partial charge in [0.2, 0.25) is 0 Å². The van der Waals surface area contributed by atoms with Gasteiger partial charge in [0.05, 0.1) is 6.20 Å². The Balaban J connectivity index is 1.66. The van der Waals surface area contributed by atoms with E-state index in [0.717, 1.165) is 22.6 Å². The molecule has 22 heavy (non-hydrogen) atoms. The van der Waals surface area contributed by atoms with Crippen molar-refractivity contribution in [1.29, 1.82) is 0 Å². The number of fused-ring (bicyclic) bond motifs is 1. The molecule has 0 aliphatic heterocycles. The van der Waals surface area contributed by atoms with Crippen molar-refractivity contribution < 1.29 is 4.39 Å². The van der Waals surface area contributed by atoms with E-state index in [4.69, 9.17) is 11.6 Å². The van der Waals surface area contributed by atoms with E-state index in [0.29, 0.717) is 17.6 Å². The average Bonchev–Trinajstić information content (AvgIpc) is 3.25. The van der Waals surface area contributed by atoms with E-state index in [2.05, 4.69) is 15.4 Å². The largest absolute Gasteiger partial charge is 0.366 e. The van der Waals surface area contributed by atoms with Gasteiger partial charge in [0.1, 0.15) is 16.8 Å². The molecule has 1 N–H and O–H groups in total. The molecule has 0 spiro atoms. The molecule has 1 fully saturated rings. The van der Waals surface area contributed by atoms with Crippen LogP contribution in [0, 0.1) is 5.82 Å². The van der Waals surface area contributed by atoms with E-state index in [1.165, 1.54) is 25.0 Å². The Hall–Kier alpha value is -2.14. The lowest BCUT2D eigenvalue weighted by Gasteiger charge is -2.09. The molecule has 2 aromatic heterocycles. The monoisotopic (exact) mass is 316 g/mol. The van der Waals surface area contributed by atoms with Crippen molar-refractivity contribution in [3.63, 3.8) is 0 Å². The van der Waals surface area contributed by atoms with Gasteiger partial charge in [0.25, 0.3) is 0 Å². The summed E-state index contributed by atoms with van der Waals surface area (Å²) in [5, 5.41) is 8.09. The first-order valence-corrected chi connectivity index (χ1v) is 7.61. The summed E-state index contributed by atoms with van der Waals surface area (Å²) >= 11 is 6.13. The van der Waals surface area contributed by atoms with E-state index in [1.807, 2.05) is 12.3 Å². The van der Waals surface area contributed by atoms with Crippen LogP contribution in [-0.4, -0.2) is 14.6 Å². The van der Waals surface area contributed by atoms with E-state index in [1.54, 1.807) is 16.6 Å². The minimum Gasteiger partial charge on any atom is -0.366 e. The van der Waals surface area contributed by atoms with E-state index in [-0.39, 0.29) is 5.82 Å². The van der Waals surface area contributed by atoms with Gasteiger partial charge in [-0.3, -0.25) is 0 Å². The lowest BCUT2D eigenvalue weighted by molar-refractivity contribution is 0.626. The number of halogens is 2. The highest BCUT2D eigenvalue weighted by Gasteiger charge is 2.28. The summed E-state index contributed by atoms with van der Waals surface area (Å²) in [5.41, 5.74) is 2.81. The van der Waals surface area contributed by atoms with Crippen molar-refractivity contribution in [2.75, 3.05) is 5.32 Å². The van der Waals surface area contributed by atoms with E-state index < -0.39 is 0 Å². The standard InChI is InChI=1S/C16H14ClFN4/c17-14-7-15(19-8-10-2-1-3-12(18)6-10)22-16(21-14)13(9-20-22)11-4-5-11/h1-3,6-7,9,11,19H,4-5,8H2. The zero-order valence-corrected chi connectivity index (χ0v) is 12.5. The molecule has 1 aromatic carbocycles. The molecule has 6 heteroatoms. The minimum atomic E-state index is -0.243. The third-order valence-corrected chi connectivity index (χ3v) is 4.04. The van der Waals surface area contributed by atoms with Crippen LogP contribution in [0.5, 0.6) is 0 Å². The van der Waals surface area contributed by atoms with Crippen LogP contribution >= 0.6 is 11.6 Å². The Labute approximate surface area is 131 Å². The fourth-order valence-electron chi connectivity index (χ4n) is 2.60. The lowest BCUT2D eigenvalue weighted by Crippen LogP contribution is -2.06. The van der Waals surface area contributed by atoms with Gasteiger partial charge in [-0.1, -0.05) is 23.7 Å². The number of nitrogens with one attached hydrogen (secondary N) is 1. The molecule has 0 saturated heterocycles. The van der Waals surface area contributed by atoms with Crippen LogP contribution in [-0.2, 0) is 6.54 Å². The molecule has 1 saturated carbocycles. The second-order valence-electron chi connectivity index (χ2n) is 5.56. The highest BCUT2D eigenvalue weighted by Crippen LogP contribution is 2.42. The van der Waals surface area contributed by atoms with Crippen LogP contribution in [0.2, 0.25) is 5.15 Å². The van der Waals surface area contributed by atoms with Crippen molar-refractivity contribution in [1.82, 2.24) is 14.6 Å². The predicted molar refractivity (Wildman–Crippen MR) is 83.7 cm³/mol. The van der Waals surface area contributed by atoms with Gasteiger partial charge in [0.15, 0.2) is 5.65 Å². The maximum atomic E-state index is 13.2. The molecule has 0 radical (unpaired) electrons. The van der Waals surface area contributed by atoms with Gasteiger partial charge >= 0.3 is 0 Å². The van der Waals surface area contributed by atoms with Crippen LogP contribution in [0.1, 0.15) is 29.9 Å². The molecule has 0 amide bonds. The number of nitrogens with zero attached hydrogens (tertiary/aromatic N) is 3. The first-order chi connectivity index (χ1) is 10.7. The quantitative estimate of drug-likeness (QED) is 0.739. The molecule has 3 aromatic rings. The third kappa shape index (κ3) is 2.52. The zero-order valence-electron chi connectivity index (χ0n) is 11.8. The van der Waals surface area contributed by atoms with Gasteiger partial charge in [-0.15, -0.1) is 0 Å². The summed E-state index contributed by atoms with van der Waals surface area (Å²) in [7, 11) is 0. The Morgan fingerprint density at radius 1 is 1.32 bits per heavy atom. The average molecular weight is 317 g/mol. The van der Waals surface area contributed by atoms with E-state index >= 15 is 0 Å². The van der Waals surface area contributed by atoms with E-state index in [9.17, 15) is 4.39 Å². The van der Waals surface area contributed by atoms with Gasteiger partial charge in [-0.25, -0.2) is 9.37 Å². The molecule has 0 bridgehead atoms. The maximum Gasteiger partial charge on any atom is 0.162 e. The molecular formula is C16H14ClFN4. The number of rotatable bonds is 4. The van der Waals surface area contributed by atoms with Gasteiger partial charge in [0, 0.05) is 18.2 Å². The fraction of sp³-hybridized carbons (Fsp3) is 0.250. The second-order valence-corrected chi connectivity index (χ2v) is 5.94. The highest BCUT2D eigenvalue weighted by atomic mass is 35.5. The first kappa shape index (κ1) is 13.5. The molecular weight excluding hydrogens is 303 g/mol. The Morgan fingerprint density at radius 2 is 2.18 bits per heavy atom. The lowest BCUT2D eigenvalue weighted by atomic mass is 10.2. The van der Waals surface area contributed by atoms with Crippen molar-refractivity contribution in [3.05, 3.63) is 58.6 Å². The molecule has 4 rings (SSSR count). The SMILES string of the molecule is Fc1cccc(CNc2cc(Cl)nc3c(C4CC4)cnn23)c1. The summed E-state index contributed by atoms with van der Waals surface area (Å²) in [5.74, 6) is 1.07. The number of hydrogen-bond acceptors (Lipinski definition) is 3. The molecule has 112 valence electrons. The van der Waals surface area contributed by atoms with Gasteiger partial charge in [-0.05, 0) is 36.5 Å². The molecule has 0 unspecified atom stereocenters. The normalized spacial score (nSPS) is 14.5. The number of benzene rings is 1.